The molecule has 1 aromatic rings. The van der Waals surface area contributed by atoms with Crippen molar-refractivity contribution in [3.63, 3.8) is 0 Å². The number of likely N-dealkylation sites (N-methyl/N-ethyl adjacent to an activating group) is 1. The zero-order valence-electron chi connectivity index (χ0n) is 13.9. The molecule has 1 aromatic carbocycles. The van der Waals surface area contributed by atoms with Crippen LogP contribution in [0.25, 0.3) is 0 Å². The van der Waals surface area contributed by atoms with Gasteiger partial charge < -0.3 is 10.6 Å². The Balaban J connectivity index is 2.61. The highest BCUT2D eigenvalue weighted by molar-refractivity contribution is 5.25. The molecular weight excluding hydrogens is 244 g/mol. The van der Waals surface area contributed by atoms with Crippen LogP contribution in [0.3, 0.4) is 0 Å². The normalized spacial score (nSPS) is 13.4. The predicted octanol–water partition coefficient (Wildman–Crippen LogP) is 4.01. The molecule has 0 fully saturated rings. The summed E-state index contributed by atoms with van der Waals surface area (Å²) in [5.74, 6) is 0.704. The van der Waals surface area contributed by atoms with Crippen molar-refractivity contribution in [1.29, 1.82) is 0 Å². The van der Waals surface area contributed by atoms with Crippen molar-refractivity contribution < 1.29 is 0 Å². The fourth-order valence-corrected chi connectivity index (χ4v) is 2.85. The maximum Gasteiger partial charge on any atom is 0.0424 e. The number of nitrogens with zero attached hydrogens (tertiary/aromatic N) is 1. The van der Waals surface area contributed by atoms with Crippen molar-refractivity contribution >= 4 is 0 Å². The molecule has 0 heterocycles. The Morgan fingerprint density at radius 2 is 1.60 bits per heavy atom. The topological polar surface area (TPSA) is 29.3 Å². The van der Waals surface area contributed by atoms with Gasteiger partial charge in [0.1, 0.15) is 0 Å². The number of benzene rings is 1. The van der Waals surface area contributed by atoms with E-state index in [1.54, 1.807) is 0 Å². The standard InChI is InChI=1S/C18H32N2/c1-6-17(7-2)20(5)13-18(19)16-10-8-15(9-11-16)12-14(3)4/h8-11,14,17-18H,6-7,12-13,19H2,1-5H3. The van der Waals surface area contributed by atoms with Crippen LogP contribution in [0.4, 0.5) is 0 Å². The van der Waals surface area contributed by atoms with Crippen LogP contribution in [-0.4, -0.2) is 24.5 Å². The van der Waals surface area contributed by atoms with Gasteiger partial charge in [0, 0.05) is 18.6 Å². The summed E-state index contributed by atoms with van der Waals surface area (Å²) in [7, 11) is 2.19. The maximum absolute atomic E-state index is 6.35. The molecule has 0 aliphatic carbocycles. The van der Waals surface area contributed by atoms with Crippen molar-refractivity contribution in [2.75, 3.05) is 13.6 Å². The first-order valence-corrected chi connectivity index (χ1v) is 8.02. The van der Waals surface area contributed by atoms with Crippen LogP contribution in [0.1, 0.15) is 57.7 Å². The van der Waals surface area contributed by atoms with Crippen molar-refractivity contribution in [2.45, 2.75) is 59.0 Å². The fraction of sp³-hybridized carbons (Fsp3) is 0.667. The molecule has 20 heavy (non-hydrogen) atoms. The van der Waals surface area contributed by atoms with Gasteiger partial charge in [-0.15, -0.1) is 0 Å². The molecule has 0 saturated carbocycles. The van der Waals surface area contributed by atoms with Crippen LogP contribution in [0.5, 0.6) is 0 Å². The minimum Gasteiger partial charge on any atom is -0.323 e. The van der Waals surface area contributed by atoms with E-state index >= 15 is 0 Å². The van der Waals surface area contributed by atoms with E-state index in [-0.39, 0.29) is 6.04 Å². The molecule has 0 saturated heterocycles. The molecule has 0 amide bonds. The third-order valence-electron chi connectivity index (χ3n) is 4.10. The Hall–Kier alpha value is -0.860. The highest BCUT2D eigenvalue weighted by atomic mass is 15.1. The average molecular weight is 276 g/mol. The molecular formula is C18H32N2. The van der Waals surface area contributed by atoms with Crippen molar-refractivity contribution in [1.82, 2.24) is 4.90 Å². The van der Waals surface area contributed by atoms with Crippen LogP contribution in [0.15, 0.2) is 24.3 Å². The van der Waals surface area contributed by atoms with E-state index in [0.29, 0.717) is 12.0 Å². The second-order valence-corrected chi connectivity index (χ2v) is 6.36. The first kappa shape index (κ1) is 17.2. The maximum atomic E-state index is 6.35. The fourth-order valence-electron chi connectivity index (χ4n) is 2.85. The average Bonchev–Trinajstić information content (AvgIpc) is 2.40. The van der Waals surface area contributed by atoms with Gasteiger partial charge in [0.15, 0.2) is 0 Å². The zero-order valence-corrected chi connectivity index (χ0v) is 13.9. The third kappa shape index (κ3) is 5.26. The summed E-state index contributed by atoms with van der Waals surface area (Å²) in [4.78, 5) is 2.40. The van der Waals surface area contributed by atoms with Crippen LogP contribution in [-0.2, 0) is 6.42 Å². The summed E-state index contributed by atoms with van der Waals surface area (Å²) in [6.07, 6.45) is 3.52. The summed E-state index contributed by atoms with van der Waals surface area (Å²) in [5.41, 5.74) is 9.01. The molecule has 0 aromatic heterocycles. The van der Waals surface area contributed by atoms with Gasteiger partial charge in [0.05, 0.1) is 0 Å². The number of hydrogen-bond donors (Lipinski definition) is 1. The molecule has 0 aliphatic heterocycles. The van der Waals surface area contributed by atoms with Gasteiger partial charge in [-0.25, -0.2) is 0 Å². The summed E-state index contributed by atoms with van der Waals surface area (Å²) in [6.45, 7) is 9.93. The van der Waals surface area contributed by atoms with Crippen LogP contribution < -0.4 is 5.73 Å². The van der Waals surface area contributed by atoms with E-state index in [1.165, 1.54) is 24.0 Å². The highest BCUT2D eigenvalue weighted by Gasteiger charge is 2.15. The molecule has 2 heteroatoms. The molecule has 1 unspecified atom stereocenters. The van der Waals surface area contributed by atoms with Crippen LogP contribution >= 0.6 is 0 Å². The number of rotatable bonds is 8. The second-order valence-electron chi connectivity index (χ2n) is 6.36. The smallest absolute Gasteiger partial charge is 0.0424 e. The molecule has 2 nitrogen and oxygen atoms in total. The Kier molecular flexibility index (Phi) is 7.25. The third-order valence-corrected chi connectivity index (χ3v) is 4.10. The zero-order chi connectivity index (χ0) is 15.1. The summed E-state index contributed by atoms with van der Waals surface area (Å²) >= 11 is 0. The van der Waals surface area contributed by atoms with E-state index in [4.69, 9.17) is 5.73 Å². The second kappa shape index (κ2) is 8.43. The lowest BCUT2D eigenvalue weighted by Gasteiger charge is -2.28. The highest BCUT2D eigenvalue weighted by Crippen LogP contribution is 2.17. The van der Waals surface area contributed by atoms with Crippen molar-refractivity contribution in [2.24, 2.45) is 11.7 Å². The Morgan fingerprint density at radius 1 is 1.05 bits per heavy atom. The monoisotopic (exact) mass is 276 g/mol. The molecule has 0 bridgehead atoms. The molecule has 0 aliphatic rings. The van der Waals surface area contributed by atoms with Gasteiger partial charge in [-0.3, -0.25) is 0 Å². The summed E-state index contributed by atoms with van der Waals surface area (Å²) in [6, 6.07) is 9.60. The number of hydrogen-bond acceptors (Lipinski definition) is 2. The largest absolute Gasteiger partial charge is 0.323 e. The Bertz CT molecular complexity index is 366. The quantitative estimate of drug-likeness (QED) is 0.777. The van der Waals surface area contributed by atoms with Gasteiger partial charge in [-0.05, 0) is 43.4 Å². The van der Waals surface area contributed by atoms with E-state index in [9.17, 15) is 0 Å². The SMILES string of the molecule is CCC(CC)N(C)CC(N)c1ccc(CC(C)C)cc1. The lowest BCUT2D eigenvalue weighted by molar-refractivity contribution is 0.217. The van der Waals surface area contributed by atoms with E-state index in [1.807, 2.05) is 0 Å². The van der Waals surface area contributed by atoms with E-state index in [0.717, 1.165) is 13.0 Å². The lowest BCUT2D eigenvalue weighted by atomic mass is 9.99. The molecule has 1 atom stereocenters. The van der Waals surface area contributed by atoms with Gasteiger partial charge in [0.25, 0.3) is 0 Å². The molecule has 0 spiro atoms. The van der Waals surface area contributed by atoms with E-state index in [2.05, 4.69) is 63.9 Å². The van der Waals surface area contributed by atoms with Crippen LogP contribution in [0.2, 0.25) is 0 Å². The minimum absolute atomic E-state index is 0.105. The lowest BCUT2D eigenvalue weighted by Crippen LogP contribution is -2.36. The number of nitrogens with two attached hydrogens (primary N) is 1. The van der Waals surface area contributed by atoms with Crippen molar-refractivity contribution in [3.8, 4) is 0 Å². The Morgan fingerprint density at radius 3 is 2.05 bits per heavy atom. The molecule has 114 valence electrons. The van der Waals surface area contributed by atoms with Gasteiger partial charge in [-0.1, -0.05) is 52.0 Å². The first-order valence-electron chi connectivity index (χ1n) is 8.02. The van der Waals surface area contributed by atoms with Crippen LogP contribution in [0, 0.1) is 5.92 Å². The van der Waals surface area contributed by atoms with Gasteiger partial charge in [-0.2, -0.15) is 0 Å². The van der Waals surface area contributed by atoms with Crippen molar-refractivity contribution in [3.05, 3.63) is 35.4 Å². The summed E-state index contributed by atoms with van der Waals surface area (Å²) < 4.78 is 0. The van der Waals surface area contributed by atoms with Gasteiger partial charge >= 0.3 is 0 Å². The molecule has 0 radical (unpaired) electrons. The van der Waals surface area contributed by atoms with E-state index < -0.39 is 0 Å². The predicted molar refractivity (Wildman–Crippen MR) is 88.9 cm³/mol. The Labute approximate surface area is 125 Å². The molecule has 2 N–H and O–H groups in total. The minimum atomic E-state index is 0.105. The first-order chi connectivity index (χ1) is 9.47. The van der Waals surface area contributed by atoms with Gasteiger partial charge in [0.2, 0.25) is 0 Å². The summed E-state index contributed by atoms with van der Waals surface area (Å²) in [5, 5.41) is 0. The molecule has 1 rings (SSSR count).